The number of piperidine rings is 1. The standard InChI is InChI=1S/C20H30N4O6.C15H16O8.C14H21NO5.C14H20O7.C12H21NO5.C8H13NO5/c1-3-20(11-25,12-26)23-18(29)21-15-5-4-6-16(13(15)2)22-19(30)24-9-7-14(8-10-24)17(27)28;16-10-4-11(17)6-12(5-10)23-15(22)9-2-7(13(18)19)1-8(3-9)14(20)21;1-2-14(6-16,7-17)15-12(18)10-8-3-4-9(5-8)11(10)13(19)20;15-7-8(16)3-1-2-6-20-14(19)12-10-5-4-9(21-10)11(12)13(17)18;1-12(6-14,7-15)13-10(16)8-4-2-3-5-9(8)11(17)18;10-2-4(3-11)9-7(12)5-1-6(5)8(13)14/h4-6,14,25-26H,3,7-12H2,1-2H3,(H,22,30)(H,27,28)(H2,21,23,29);1-3,10-12,16-17H,4-6H2,(H,18,19)(H,20,21);3-4,8-11,16-17H,2,5-7H2,1H3,(H,15,18)(H,19,20);4-5,8-12,15-16H,1-3,6-7H2,(H,17,18);8-9,14-15H,2-7H2,1H3,(H,13,16)(H,17,18);4-6,10-11H,1-3H2,(H,9,12)(H,13,14). The molecule has 2 aromatic rings. The summed E-state index contributed by atoms with van der Waals surface area (Å²) >= 11 is 0. The zero-order chi connectivity index (χ0) is 94.3. The van der Waals surface area contributed by atoms with Crippen molar-refractivity contribution in [2.75, 3.05) is 89.8 Å². The number of allylic oxidation sites excluding steroid dienone is 2. The molecule has 7 amide bonds. The molecule has 43 nitrogen and oxygen atoms in total. The Hall–Kier alpha value is -10.4. The van der Waals surface area contributed by atoms with E-state index in [4.69, 9.17) is 70.4 Å². The number of rotatable bonds is 35. The highest BCUT2D eigenvalue weighted by Crippen LogP contribution is 2.49. The van der Waals surface area contributed by atoms with Gasteiger partial charge in [-0.2, -0.15) is 0 Å². The summed E-state index contributed by atoms with van der Waals surface area (Å²) in [6, 6.07) is 6.44. The second-order valence-electron chi connectivity index (χ2n) is 32.7. The van der Waals surface area contributed by atoms with Crippen molar-refractivity contribution in [3.05, 3.63) is 83.0 Å². The third kappa shape index (κ3) is 30.4. The number of carbonyl (C=O) groups is 14. The Morgan fingerprint density at radius 2 is 1.02 bits per heavy atom. The molecule has 4 saturated carbocycles. The fourth-order valence-corrected chi connectivity index (χ4v) is 15.3. The number of amides is 7. The maximum atomic E-state index is 12.5. The van der Waals surface area contributed by atoms with Gasteiger partial charge in [0.05, 0.1) is 177 Å². The number of esters is 2. The van der Waals surface area contributed by atoms with E-state index >= 15 is 0 Å². The van der Waals surface area contributed by atoms with Gasteiger partial charge in [0.15, 0.2) is 0 Å². The van der Waals surface area contributed by atoms with Crippen LogP contribution < -0.4 is 31.9 Å². The highest BCUT2D eigenvalue weighted by Gasteiger charge is 2.55. The molecule has 3 aliphatic heterocycles. The van der Waals surface area contributed by atoms with Crippen molar-refractivity contribution in [3.8, 4) is 0 Å². The number of aliphatic hydroxyl groups excluding tert-OH is 12. The number of hydrogen-bond donors (Lipinski definition) is 25. The monoisotopic (exact) mass is 1790 g/mol. The molecule has 15 atom stereocenters. The maximum absolute atomic E-state index is 12.5. The van der Waals surface area contributed by atoms with Gasteiger partial charge in [-0.05, 0) is 139 Å². The molecule has 4 bridgehead atoms. The number of ether oxygens (including phenoxy) is 3. The van der Waals surface area contributed by atoms with Crippen molar-refractivity contribution in [2.24, 2.45) is 65.1 Å². The highest BCUT2D eigenvalue weighted by molar-refractivity contribution is 6.00. The van der Waals surface area contributed by atoms with Gasteiger partial charge in [0.2, 0.25) is 17.7 Å². The van der Waals surface area contributed by atoms with E-state index in [1.165, 1.54) is 6.92 Å². The number of likely N-dealkylation sites (tertiary alicyclic amines) is 1. The summed E-state index contributed by atoms with van der Waals surface area (Å²) in [6.07, 6.45) is 10.4. The number of aliphatic carboxylic acids is 5. The third-order valence-electron chi connectivity index (χ3n) is 23.5. The second kappa shape index (κ2) is 50.2. The Balaban J connectivity index is 0.000000272. The van der Waals surface area contributed by atoms with Gasteiger partial charge in [0, 0.05) is 37.3 Å². The second-order valence-corrected chi connectivity index (χ2v) is 32.7. The van der Waals surface area contributed by atoms with Crippen LogP contribution in [0.4, 0.5) is 21.0 Å². The Morgan fingerprint density at radius 3 is 1.50 bits per heavy atom. The summed E-state index contributed by atoms with van der Waals surface area (Å²) in [7, 11) is 0. The lowest BCUT2D eigenvalue weighted by molar-refractivity contribution is -0.157. The third-order valence-corrected chi connectivity index (χ3v) is 23.5. The van der Waals surface area contributed by atoms with Crippen molar-refractivity contribution in [1.82, 2.24) is 26.2 Å². The van der Waals surface area contributed by atoms with E-state index in [1.807, 2.05) is 12.2 Å². The highest BCUT2D eigenvalue weighted by atomic mass is 16.6. The average Bonchev–Trinajstić information content (AvgIpc) is 1.62. The van der Waals surface area contributed by atoms with Crippen molar-refractivity contribution < 1.29 is 178 Å². The number of hydrogen-bond acceptors (Lipinski definition) is 29. The summed E-state index contributed by atoms with van der Waals surface area (Å²) in [5.74, 6) is -16.1. The van der Waals surface area contributed by atoms with Crippen LogP contribution in [0.5, 0.6) is 0 Å². The first-order valence-electron chi connectivity index (χ1n) is 41.4. The van der Waals surface area contributed by atoms with E-state index < -0.39 is 197 Å². The molecule has 0 aromatic heterocycles. The molecule has 2 aromatic carbocycles. The van der Waals surface area contributed by atoms with Crippen molar-refractivity contribution >= 4 is 94.9 Å². The average molecular weight is 1790 g/mol. The van der Waals surface area contributed by atoms with Crippen LogP contribution in [0.15, 0.2) is 60.7 Å². The smallest absolute Gasteiger partial charge is 0.338 e. The van der Waals surface area contributed by atoms with E-state index in [-0.39, 0.29) is 113 Å². The van der Waals surface area contributed by atoms with Crippen LogP contribution in [0.3, 0.4) is 0 Å². The summed E-state index contributed by atoms with van der Waals surface area (Å²) in [5, 5.41) is 189. The van der Waals surface area contributed by atoms with Crippen LogP contribution in [0.1, 0.15) is 160 Å². The zero-order valence-electron chi connectivity index (χ0n) is 70.3. The van der Waals surface area contributed by atoms with Crippen LogP contribution in [0, 0.1) is 72.0 Å². The molecule has 8 aliphatic rings. The van der Waals surface area contributed by atoms with Gasteiger partial charge in [-0.1, -0.05) is 57.1 Å². The Bertz CT molecular complexity index is 4040. The predicted molar refractivity (Wildman–Crippen MR) is 437 cm³/mol. The fraction of sp³-hybridized carbons (Fsp3) is 0.639. The molecule has 15 unspecified atom stereocenters. The number of nitrogens with zero attached hydrogens (tertiary/aromatic N) is 1. The predicted octanol–water partition coefficient (Wildman–Crippen LogP) is -0.528. The first-order valence-corrected chi connectivity index (χ1v) is 41.4. The summed E-state index contributed by atoms with van der Waals surface area (Å²) in [5.41, 5.74) is -2.58. The lowest BCUT2D eigenvalue weighted by atomic mass is 9.78. The number of benzene rings is 2. The van der Waals surface area contributed by atoms with Gasteiger partial charge in [-0.3, -0.25) is 43.2 Å². The zero-order valence-corrected chi connectivity index (χ0v) is 70.3. The van der Waals surface area contributed by atoms with Gasteiger partial charge in [-0.15, -0.1) is 0 Å². The maximum Gasteiger partial charge on any atom is 0.338 e. The van der Waals surface area contributed by atoms with E-state index in [1.54, 1.807) is 56.0 Å². The van der Waals surface area contributed by atoms with E-state index in [0.29, 0.717) is 101 Å². The number of carbonyl (C=O) groups excluding carboxylic acids is 7. The summed E-state index contributed by atoms with van der Waals surface area (Å²) in [4.78, 5) is 163. The number of urea groups is 2. The minimum Gasteiger partial charge on any atom is -0.481 e. The molecular weight excluding hydrogens is 1670 g/mol. The number of aromatic carboxylic acids is 2. The summed E-state index contributed by atoms with van der Waals surface area (Å²) in [6.45, 7) is 4.33. The van der Waals surface area contributed by atoms with E-state index in [9.17, 15) is 108 Å². The molecule has 6 fully saturated rings. The normalized spacial score (nSPS) is 24.4. The van der Waals surface area contributed by atoms with Gasteiger partial charge < -0.3 is 148 Å². The van der Waals surface area contributed by atoms with Crippen molar-refractivity contribution in [3.63, 3.8) is 0 Å². The summed E-state index contributed by atoms with van der Waals surface area (Å²) < 4.78 is 15.7. The number of unbranched alkanes of at least 4 members (excludes halogenated alkanes) is 1. The van der Waals surface area contributed by atoms with Gasteiger partial charge in [0.1, 0.15) is 17.9 Å². The quantitative estimate of drug-likeness (QED) is 0.0234. The van der Waals surface area contributed by atoms with Crippen molar-refractivity contribution in [1.29, 1.82) is 0 Å². The number of aliphatic hydroxyl groups is 12. The number of nitrogens with one attached hydrogen (secondary N) is 6. The van der Waals surface area contributed by atoms with Crippen LogP contribution >= 0.6 is 0 Å². The lowest BCUT2D eigenvalue weighted by Crippen LogP contribution is -2.56. The topological polar surface area (TPSA) is 726 Å². The van der Waals surface area contributed by atoms with Crippen LogP contribution in [-0.2, 0) is 57.4 Å². The molecule has 43 heteroatoms. The molecular formula is C83H121N7O36. The van der Waals surface area contributed by atoms with Gasteiger partial charge in [0.25, 0.3) is 0 Å². The molecule has 0 radical (unpaired) electrons. The van der Waals surface area contributed by atoms with E-state index in [0.717, 1.165) is 31.0 Å². The first kappa shape index (κ1) is 106. The SMILES string of the molecule is CC(CO)(CO)NC(=O)C1CCCCC1C(=O)O.CCC(CO)(CO)NC(=O)C1C2C=CC(C2)C1C(=O)O.CCC(CO)(CO)NC(=O)Nc1cccc(NC(=O)N2CCC(C(=O)O)CC2)c1C.O=C(O)C1C2C=CC(O2)C1C(=O)OCCCCC(O)CO.O=C(O)C1CC1C(=O)NC(CO)CO.O=C(O)c1cc(C(=O)O)cc(C(=O)OC2CC(O)CC(O)C2)c1. The van der Waals surface area contributed by atoms with Gasteiger partial charge in [-0.25, -0.2) is 24.0 Å². The number of carboxylic acid groups (broad SMARTS) is 7. The number of anilines is 2. The molecule has 0 spiro atoms. The fourth-order valence-electron chi connectivity index (χ4n) is 15.3. The molecule has 3 heterocycles. The molecule has 25 N–H and O–H groups in total. The minimum absolute atomic E-state index is 0.0620. The molecule has 10 rings (SSSR count). The van der Waals surface area contributed by atoms with Crippen LogP contribution in [-0.4, -0.2) is 324 Å². The Labute approximate surface area is 724 Å². The minimum atomic E-state index is -1.37. The Kier molecular flexibility index (Phi) is 42.3. The first-order chi connectivity index (χ1) is 59.5. The molecule has 5 aliphatic carbocycles. The van der Waals surface area contributed by atoms with Gasteiger partial charge >= 0.3 is 65.8 Å². The lowest BCUT2D eigenvalue weighted by Gasteiger charge is -2.33. The van der Waals surface area contributed by atoms with E-state index in [2.05, 4.69) is 31.9 Å². The number of carboxylic acids is 7. The number of fused-ring (bicyclic) bond motifs is 4. The largest absolute Gasteiger partial charge is 0.481 e. The molecule has 2 saturated heterocycles. The Morgan fingerprint density at radius 1 is 0.516 bits per heavy atom. The molecule has 704 valence electrons. The van der Waals surface area contributed by atoms with Crippen LogP contribution in [0.2, 0.25) is 0 Å². The van der Waals surface area contributed by atoms with Crippen molar-refractivity contribution in [2.45, 2.75) is 190 Å². The van der Waals surface area contributed by atoms with Crippen LogP contribution in [0.25, 0.3) is 0 Å². The molecule has 126 heavy (non-hydrogen) atoms.